The number of nitrogens with zero attached hydrogens (tertiary/aromatic N) is 1. The number of nitrogens with one attached hydrogen (secondary N) is 1. The highest BCUT2D eigenvalue weighted by atomic mass is 32.1. The number of aromatic nitrogens is 1. The molecule has 6 heteroatoms. The molecule has 5 nitrogen and oxygen atoms in total. The average Bonchev–Trinajstić information content (AvgIpc) is 2.60. The molecule has 1 rings (SSSR count). The van der Waals surface area contributed by atoms with Crippen LogP contribution in [0.15, 0.2) is 12.2 Å². The number of amides is 1. The second kappa shape index (κ2) is 6.15. The van der Waals surface area contributed by atoms with E-state index in [2.05, 4.69) is 10.3 Å². The highest BCUT2D eigenvalue weighted by Gasteiger charge is 2.13. The maximum absolute atomic E-state index is 11.1. The van der Waals surface area contributed by atoms with Gasteiger partial charge >= 0.3 is 5.97 Å². The molecule has 2 N–H and O–H groups in total. The smallest absolute Gasteiger partial charge is 0.347 e. The molecular formula is C11H14N2O3S. The summed E-state index contributed by atoms with van der Waals surface area (Å²) in [4.78, 5) is 26.3. The van der Waals surface area contributed by atoms with E-state index in [0.717, 1.165) is 16.3 Å². The third-order valence-electron chi connectivity index (χ3n) is 1.99. The van der Waals surface area contributed by atoms with Gasteiger partial charge in [-0.3, -0.25) is 4.79 Å². The van der Waals surface area contributed by atoms with Crippen LogP contribution >= 0.6 is 11.3 Å². The molecule has 0 aliphatic carbocycles. The van der Waals surface area contributed by atoms with Gasteiger partial charge in [0.2, 0.25) is 5.91 Å². The van der Waals surface area contributed by atoms with Crippen LogP contribution in [-0.2, 0) is 11.2 Å². The molecule has 1 aromatic rings. The third-order valence-corrected chi connectivity index (χ3v) is 3.20. The molecule has 0 saturated heterocycles. The zero-order valence-electron chi connectivity index (χ0n) is 9.69. The molecule has 17 heavy (non-hydrogen) atoms. The van der Waals surface area contributed by atoms with Crippen LogP contribution in [-0.4, -0.2) is 28.5 Å². The molecule has 0 bridgehead atoms. The molecule has 1 aromatic heterocycles. The summed E-state index contributed by atoms with van der Waals surface area (Å²) in [6.07, 6.45) is 3.64. The van der Waals surface area contributed by atoms with E-state index in [-0.39, 0.29) is 10.8 Å². The van der Waals surface area contributed by atoms with Crippen molar-refractivity contribution in [3.05, 3.63) is 27.7 Å². The normalized spacial score (nSPS) is 10.7. The summed E-state index contributed by atoms with van der Waals surface area (Å²) in [5, 5.41) is 12.3. The number of aryl methyl sites for hydroxylation is 1. The van der Waals surface area contributed by atoms with Gasteiger partial charge < -0.3 is 10.4 Å². The van der Waals surface area contributed by atoms with Crippen LogP contribution in [0.3, 0.4) is 0 Å². The minimum atomic E-state index is -0.954. The number of carbonyl (C=O) groups is 2. The van der Waals surface area contributed by atoms with Crippen molar-refractivity contribution >= 4 is 23.2 Å². The molecule has 0 aliphatic heterocycles. The van der Waals surface area contributed by atoms with Gasteiger partial charge in [0, 0.05) is 13.0 Å². The Hall–Kier alpha value is -1.69. The molecule has 0 unspecified atom stereocenters. The first-order valence-corrected chi connectivity index (χ1v) is 5.96. The Morgan fingerprint density at radius 2 is 2.24 bits per heavy atom. The summed E-state index contributed by atoms with van der Waals surface area (Å²) in [5.74, 6) is -1.11. The second-order valence-electron chi connectivity index (χ2n) is 3.37. The lowest BCUT2D eigenvalue weighted by atomic mass is 10.4. The lowest BCUT2D eigenvalue weighted by Crippen LogP contribution is -2.23. The second-order valence-corrected chi connectivity index (χ2v) is 4.45. The average molecular weight is 254 g/mol. The van der Waals surface area contributed by atoms with Crippen LogP contribution in [0.4, 0.5) is 0 Å². The number of hydrogen-bond donors (Lipinski definition) is 2. The first kappa shape index (κ1) is 13.4. The topological polar surface area (TPSA) is 79.3 Å². The number of thiazole rings is 1. The summed E-state index contributed by atoms with van der Waals surface area (Å²) in [6, 6.07) is 0. The Balaban J connectivity index is 2.50. The van der Waals surface area contributed by atoms with Gasteiger partial charge in [-0.2, -0.15) is 0 Å². The third kappa shape index (κ3) is 3.99. The lowest BCUT2D eigenvalue weighted by molar-refractivity contribution is -0.116. The Bertz CT molecular complexity index is 452. The van der Waals surface area contributed by atoms with E-state index in [1.54, 1.807) is 19.9 Å². The quantitative estimate of drug-likeness (QED) is 0.778. The van der Waals surface area contributed by atoms with Crippen molar-refractivity contribution in [1.82, 2.24) is 10.3 Å². The fourth-order valence-electron chi connectivity index (χ4n) is 1.26. The van der Waals surface area contributed by atoms with Gasteiger partial charge in [0.25, 0.3) is 0 Å². The molecule has 1 heterocycles. The molecule has 0 atom stereocenters. The van der Waals surface area contributed by atoms with Crippen molar-refractivity contribution in [3.8, 4) is 0 Å². The Morgan fingerprint density at radius 3 is 2.76 bits per heavy atom. The number of carboxylic acid groups (broad SMARTS) is 1. The van der Waals surface area contributed by atoms with Crippen LogP contribution in [0, 0.1) is 6.92 Å². The summed E-state index contributed by atoms with van der Waals surface area (Å²) in [7, 11) is 0. The molecule has 1 amide bonds. The number of hydrogen-bond acceptors (Lipinski definition) is 4. The van der Waals surface area contributed by atoms with E-state index in [9.17, 15) is 9.59 Å². The fraction of sp³-hybridized carbons (Fsp3) is 0.364. The minimum Gasteiger partial charge on any atom is -0.477 e. The predicted octanol–water partition coefficient (Wildman–Crippen LogP) is 1.38. The van der Waals surface area contributed by atoms with E-state index in [1.807, 2.05) is 0 Å². The van der Waals surface area contributed by atoms with E-state index >= 15 is 0 Å². The van der Waals surface area contributed by atoms with Gasteiger partial charge in [0.05, 0.1) is 10.7 Å². The molecule has 0 fully saturated rings. The first-order valence-electron chi connectivity index (χ1n) is 5.14. The highest BCUT2D eigenvalue weighted by molar-refractivity contribution is 7.13. The fourth-order valence-corrected chi connectivity index (χ4v) is 2.16. The zero-order chi connectivity index (χ0) is 12.8. The SMILES string of the molecule is C/C=C/C(=O)NCCc1nc(C)c(C(=O)O)s1. The molecular weight excluding hydrogens is 240 g/mol. The molecule has 0 spiro atoms. The maximum atomic E-state index is 11.1. The highest BCUT2D eigenvalue weighted by Crippen LogP contribution is 2.17. The zero-order valence-corrected chi connectivity index (χ0v) is 10.5. The van der Waals surface area contributed by atoms with Crippen molar-refractivity contribution < 1.29 is 14.7 Å². The summed E-state index contributed by atoms with van der Waals surface area (Å²) >= 11 is 1.15. The Kier molecular flexibility index (Phi) is 4.84. The van der Waals surface area contributed by atoms with E-state index in [0.29, 0.717) is 18.7 Å². The van der Waals surface area contributed by atoms with Crippen molar-refractivity contribution in [3.63, 3.8) is 0 Å². The minimum absolute atomic E-state index is 0.153. The summed E-state index contributed by atoms with van der Waals surface area (Å²) in [6.45, 7) is 3.89. The van der Waals surface area contributed by atoms with Gasteiger partial charge in [0.1, 0.15) is 4.88 Å². The van der Waals surface area contributed by atoms with Crippen LogP contribution in [0.1, 0.15) is 27.3 Å². The molecule has 92 valence electrons. The molecule has 0 aliphatic rings. The standard InChI is InChI=1S/C11H14N2O3S/c1-3-4-8(14)12-6-5-9-13-7(2)10(17-9)11(15)16/h3-4H,5-6H2,1-2H3,(H,12,14)(H,15,16)/b4-3+. The van der Waals surface area contributed by atoms with Crippen LogP contribution in [0.25, 0.3) is 0 Å². The number of carbonyl (C=O) groups excluding carboxylic acids is 1. The lowest BCUT2D eigenvalue weighted by Gasteiger charge is -1.98. The van der Waals surface area contributed by atoms with Crippen molar-refractivity contribution in [2.75, 3.05) is 6.54 Å². The van der Waals surface area contributed by atoms with Gasteiger partial charge in [-0.1, -0.05) is 6.08 Å². The number of allylic oxidation sites excluding steroid dienone is 1. The predicted molar refractivity (Wildman–Crippen MR) is 65.3 cm³/mol. The van der Waals surface area contributed by atoms with Gasteiger partial charge in [-0.25, -0.2) is 9.78 Å². The largest absolute Gasteiger partial charge is 0.477 e. The van der Waals surface area contributed by atoms with E-state index in [4.69, 9.17) is 5.11 Å². The van der Waals surface area contributed by atoms with Crippen molar-refractivity contribution in [1.29, 1.82) is 0 Å². The molecule has 0 radical (unpaired) electrons. The summed E-state index contributed by atoms with van der Waals surface area (Å²) < 4.78 is 0. The van der Waals surface area contributed by atoms with E-state index < -0.39 is 5.97 Å². The van der Waals surface area contributed by atoms with E-state index in [1.165, 1.54) is 6.08 Å². The van der Waals surface area contributed by atoms with Gasteiger partial charge in [-0.05, 0) is 19.9 Å². The number of aromatic carboxylic acids is 1. The Labute approximate surface area is 103 Å². The monoisotopic (exact) mass is 254 g/mol. The Morgan fingerprint density at radius 1 is 1.53 bits per heavy atom. The van der Waals surface area contributed by atoms with Crippen molar-refractivity contribution in [2.45, 2.75) is 20.3 Å². The van der Waals surface area contributed by atoms with Gasteiger partial charge in [0.15, 0.2) is 0 Å². The molecule has 0 saturated carbocycles. The van der Waals surface area contributed by atoms with Crippen LogP contribution < -0.4 is 5.32 Å². The van der Waals surface area contributed by atoms with Crippen LogP contribution in [0.2, 0.25) is 0 Å². The van der Waals surface area contributed by atoms with Crippen LogP contribution in [0.5, 0.6) is 0 Å². The number of carboxylic acids is 1. The van der Waals surface area contributed by atoms with Crippen molar-refractivity contribution in [2.24, 2.45) is 0 Å². The maximum Gasteiger partial charge on any atom is 0.347 e. The molecule has 0 aromatic carbocycles. The van der Waals surface area contributed by atoms with Gasteiger partial charge in [-0.15, -0.1) is 11.3 Å². The summed E-state index contributed by atoms with van der Waals surface area (Å²) in [5.41, 5.74) is 0.525. The number of rotatable bonds is 5. The first-order chi connectivity index (χ1) is 8.04.